The summed E-state index contributed by atoms with van der Waals surface area (Å²) in [5.41, 5.74) is 2.08. The van der Waals surface area contributed by atoms with E-state index >= 15 is 0 Å². The fourth-order valence-corrected chi connectivity index (χ4v) is 4.02. The molecule has 1 aromatic heterocycles. The number of nitrogens with one attached hydrogen (secondary N) is 2. The number of aromatic hydroxyl groups is 1. The summed E-state index contributed by atoms with van der Waals surface area (Å²) in [5, 5.41) is 17.8. The van der Waals surface area contributed by atoms with E-state index in [1.807, 2.05) is 55.4 Å². The maximum Gasteiger partial charge on any atom is 0.225 e. The second-order valence-corrected chi connectivity index (χ2v) is 8.03. The molecule has 1 aliphatic carbocycles. The Hall–Kier alpha value is -2.86. The van der Waals surface area contributed by atoms with Crippen molar-refractivity contribution in [1.82, 2.24) is 15.3 Å². The second kappa shape index (κ2) is 9.76. The molecule has 0 bridgehead atoms. The summed E-state index contributed by atoms with van der Waals surface area (Å²) in [6.07, 6.45) is 4.41. The number of para-hydroxylation sites is 1. The number of anilines is 2. The lowest BCUT2D eigenvalue weighted by molar-refractivity contribution is 0.352. The third-order valence-corrected chi connectivity index (χ3v) is 5.57. The summed E-state index contributed by atoms with van der Waals surface area (Å²) in [6, 6.07) is 16.5. The SMILES string of the molecule is C.CN(C)c1nc(NC2CCC(NCc3cccc(O)c3)CC2)nc2ccccc12. The van der Waals surface area contributed by atoms with Crippen molar-refractivity contribution in [3.05, 3.63) is 54.1 Å². The van der Waals surface area contributed by atoms with Crippen molar-refractivity contribution >= 4 is 22.7 Å². The van der Waals surface area contributed by atoms with Crippen molar-refractivity contribution in [3.8, 4) is 5.75 Å². The molecule has 0 atom stereocenters. The number of aromatic nitrogens is 2. The molecule has 3 aromatic rings. The molecule has 0 saturated heterocycles. The van der Waals surface area contributed by atoms with Crippen molar-refractivity contribution in [3.63, 3.8) is 0 Å². The van der Waals surface area contributed by atoms with Gasteiger partial charge in [0.15, 0.2) is 0 Å². The largest absolute Gasteiger partial charge is 0.508 e. The van der Waals surface area contributed by atoms with Gasteiger partial charge in [0.25, 0.3) is 0 Å². The van der Waals surface area contributed by atoms with Crippen molar-refractivity contribution in [2.24, 2.45) is 0 Å². The van der Waals surface area contributed by atoms with E-state index < -0.39 is 0 Å². The molecule has 3 N–H and O–H groups in total. The predicted octanol–water partition coefficient (Wildman–Crippen LogP) is 4.55. The fraction of sp³-hybridized carbons (Fsp3) is 0.417. The van der Waals surface area contributed by atoms with Gasteiger partial charge >= 0.3 is 0 Å². The molecule has 1 heterocycles. The number of hydrogen-bond donors (Lipinski definition) is 3. The maximum atomic E-state index is 9.59. The number of nitrogens with zero attached hydrogens (tertiary/aromatic N) is 3. The molecule has 0 amide bonds. The highest BCUT2D eigenvalue weighted by atomic mass is 16.3. The third-order valence-electron chi connectivity index (χ3n) is 5.57. The Morgan fingerprint density at radius 1 is 0.967 bits per heavy atom. The van der Waals surface area contributed by atoms with Gasteiger partial charge in [-0.3, -0.25) is 0 Å². The first-order chi connectivity index (χ1) is 14.1. The first-order valence-electron chi connectivity index (χ1n) is 10.3. The van der Waals surface area contributed by atoms with E-state index in [-0.39, 0.29) is 7.43 Å². The molecule has 0 aliphatic heterocycles. The van der Waals surface area contributed by atoms with Gasteiger partial charge in [0.1, 0.15) is 11.6 Å². The molecule has 1 aliphatic rings. The second-order valence-electron chi connectivity index (χ2n) is 8.03. The van der Waals surface area contributed by atoms with E-state index in [0.717, 1.165) is 54.5 Å². The summed E-state index contributed by atoms with van der Waals surface area (Å²) < 4.78 is 0. The zero-order valence-corrected chi connectivity index (χ0v) is 17.1. The molecule has 0 spiro atoms. The average Bonchev–Trinajstić information content (AvgIpc) is 2.72. The molecule has 2 aromatic carbocycles. The molecular weight excluding hydrogens is 374 g/mol. The molecule has 1 fully saturated rings. The van der Waals surface area contributed by atoms with Crippen LogP contribution in [-0.2, 0) is 6.54 Å². The van der Waals surface area contributed by atoms with Crippen LogP contribution in [0.5, 0.6) is 5.75 Å². The van der Waals surface area contributed by atoms with Crippen LogP contribution >= 0.6 is 0 Å². The third kappa shape index (κ3) is 5.19. The maximum absolute atomic E-state index is 9.59. The van der Waals surface area contributed by atoms with Crippen LogP contribution in [0.1, 0.15) is 38.7 Å². The van der Waals surface area contributed by atoms with Crippen molar-refractivity contribution in [1.29, 1.82) is 0 Å². The van der Waals surface area contributed by atoms with Crippen LogP contribution in [0.15, 0.2) is 48.5 Å². The predicted molar refractivity (Wildman–Crippen MR) is 125 cm³/mol. The molecule has 0 unspecified atom stereocenters. The van der Waals surface area contributed by atoms with Gasteiger partial charge in [0.05, 0.1) is 5.52 Å². The Morgan fingerprint density at radius 2 is 1.70 bits per heavy atom. The minimum absolute atomic E-state index is 0. The highest BCUT2D eigenvalue weighted by Crippen LogP contribution is 2.26. The summed E-state index contributed by atoms with van der Waals surface area (Å²) in [7, 11) is 4.03. The molecule has 0 radical (unpaired) electrons. The standard InChI is InChI=1S/C23H29N5O.CH4/c1-28(2)22-20-8-3-4-9-21(20)26-23(27-22)25-18-12-10-17(11-13-18)24-15-16-6-5-7-19(29)14-16;/h3-9,14,17-18,24,29H,10-13,15H2,1-2H3,(H,25,26,27);1H4. The van der Waals surface area contributed by atoms with Gasteiger partial charge in [-0.25, -0.2) is 4.98 Å². The van der Waals surface area contributed by atoms with Crippen molar-refractivity contribution in [2.75, 3.05) is 24.3 Å². The van der Waals surface area contributed by atoms with Gasteiger partial charge in [-0.2, -0.15) is 4.98 Å². The van der Waals surface area contributed by atoms with Gasteiger partial charge in [-0.1, -0.05) is 31.7 Å². The van der Waals surface area contributed by atoms with Gasteiger partial charge in [-0.05, 0) is 55.5 Å². The summed E-state index contributed by atoms with van der Waals surface area (Å²) in [6.45, 7) is 0.789. The van der Waals surface area contributed by atoms with Crippen LogP contribution in [0.4, 0.5) is 11.8 Å². The quantitative estimate of drug-likeness (QED) is 0.557. The van der Waals surface area contributed by atoms with Crippen LogP contribution in [0, 0.1) is 0 Å². The molecule has 160 valence electrons. The molecule has 6 heteroatoms. The lowest BCUT2D eigenvalue weighted by atomic mass is 9.91. The summed E-state index contributed by atoms with van der Waals surface area (Å²) >= 11 is 0. The van der Waals surface area contributed by atoms with Crippen molar-refractivity contribution in [2.45, 2.75) is 51.7 Å². The minimum Gasteiger partial charge on any atom is -0.508 e. The van der Waals surface area contributed by atoms with E-state index in [4.69, 9.17) is 9.97 Å². The lowest BCUT2D eigenvalue weighted by Crippen LogP contribution is -2.37. The highest BCUT2D eigenvalue weighted by molar-refractivity contribution is 5.90. The molecular formula is C24H33N5O. The molecule has 1 saturated carbocycles. The fourth-order valence-electron chi connectivity index (χ4n) is 4.02. The van der Waals surface area contributed by atoms with Gasteiger partial charge in [0.2, 0.25) is 5.95 Å². The number of phenolic OH excluding ortho intramolecular Hbond substituents is 1. The number of rotatable bonds is 6. The van der Waals surface area contributed by atoms with Crippen LogP contribution in [-0.4, -0.2) is 41.3 Å². The van der Waals surface area contributed by atoms with Crippen LogP contribution in [0.3, 0.4) is 0 Å². The first kappa shape index (κ1) is 21.8. The average molecular weight is 408 g/mol. The minimum atomic E-state index is 0. The smallest absolute Gasteiger partial charge is 0.225 e. The molecule has 4 rings (SSSR count). The first-order valence-corrected chi connectivity index (χ1v) is 10.3. The van der Waals surface area contributed by atoms with E-state index in [1.54, 1.807) is 6.07 Å². The number of fused-ring (bicyclic) bond motifs is 1. The number of hydrogen-bond acceptors (Lipinski definition) is 6. The van der Waals surface area contributed by atoms with Gasteiger partial charge in [-0.15, -0.1) is 0 Å². The van der Waals surface area contributed by atoms with Crippen LogP contribution in [0.2, 0.25) is 0 Å². The van der Waals surface area contributed by atoms with E-state index in [9.17, 15) is 5.11 Å². The van der Waals surface area contributed by atoms with E-state index in [2.05, 4.69) is 16.7 Å². The van der Waals surface area contributed by atoms with E-state index in [0.29, 0.717) is 23.8 Å². The molecule has 6 nitrogen and oxygen atoms in total. The Kier molecular flexibility index (Phi) is 7.11. The van der Waals surface area contributed by atoms with Gasteiger partial charge < -0.3 is 20.6 Å². The van der Waals surface area contributed by atoms with Crippen LogP contribution in [0.25, 0.3) is 10.9 Å². The zero-order chi connectivity index (χ0) is 20.2. The number of phenols is 1. The Morgan fingerprint density at radius 3 is 2.43 bits per heavy atom. The summed E-state index contributed by atoms with van der Waals surface area (Å²) in [5.74, 6) is 1.98. The Labute approximate surface area is 179 Å². The zero-order valence-electron chi connectivity index (χ0n) is 17.1. The van der Waals surface area contributed by atoms with E-state index in [1.165, 1.54) is 0 Å². The number of benzene rings is 2. The highest BCUT2D eigenvalue weighted by Gasteiger charge is 2.22. The topological polar surface area (TPSA) is 73.3 Å². The van der Waals surface area contributed by atoms with Crippen molar-refractivity contribution < 1.29 is 5.11 Å². The van der Waals surface area contributed by atoms with Crippen LogP contribution < -0.4 is 15.5 Å². The Balaban J connectivity index is 0.00000256. The lowest BCUT2D eigenvalue weighted by Gasteiger charge is -2.30. The Bertz CT molecular complexity index is 967. The normalized spacial score (nSPS) is 18.6. The molecule has 30 heavy (non-hydrogen) atoms. The summed E-state index contributed by atoms with van der Waals surface area (Å²) in [4.78, 5) is 11.5. The monoisotopic (exact) mass is 407 g/mol. The van der Waals surface area contributed by atoms with Gasteiger partial charge in [0, 0.05) is 38.1 Å².